The average Bonchev–Trinajstić information content (AvgIpc) is 3.14. The lowest BCUT2D eigenvalue weighted by Gasteiger charge is -2.38. The maximum atomic E-state index is 13.3. The fourth-order valence-electron chi connectivity index (χ4n) is 4.73. The van der Waals surface area contributed by atoms with E-state index in [9.17, 15) is 4.79 Å². The molecule has 3 aromatic rings. The second-order valence-electron chi connectivity index (χ2n) is 9.80. The van der Waals surface area contributed by atoms with Gasteiger partial charge in [-0.1, -0.05) is 73.1 Å². The second kappa shape index (κ2) is 8.33. The Morgan fingerprint density at radius 3 is 2.79 bits per heavy atom. The van der Waals surface area contributed by atoms with Crippen molar-refractivity contribution in [2.75, 3.05) is 5.32 Å². The van der Waals surface area contributed by atoms with Gasteiger partial charge >= 0.3 is 0 Å². The molecule has 1 atom stereocenters. The number of nitrogens with one attached hydrogen (secondary N) is 1. The Hall–Kier alpha value is -2.57. The number of halogens is 1. The first-order chi connectivity index (χ1) is 15.7. The number of nitrogens with zero attached hydrogens (tertiary/aromatic N) is 3. The molecular weight excluding hydrogens is 452 g/mol. The van der Waals surface area contributed by atoms with Gasteiger partial charge in [0.2, 0.25) is 11.1 Å². The molecule has 2 heterocycles. The molecule has 5 rings (SSSR count). The van der Waals surface area contributed by atoms with E-state index >= 15 is 0 Å². The Labute approximate surface area is 203 Å². The van der Waals surface area contributed by atoms with Crippen LogP contribution in [0.3, 0.4) is 0 Å². The molecule has 0 amide bonds. The third-order valence-corrected chi connectivity index (χ3v) is 7.46. The van der Waals surface area contributed by atoms with Gasteiger partial charge < -0.3 is 5.32 Å². The molecule has 1 aromatic heterocycles. The molecule has 1 N–H and O–H groups in total. The topological polar surface area (TPSA) is 59.8 Å². The van der Waals surface area contributed by atoms with Gasteiger partial charge in [0.05, 0.1) is 0 Å². The van der Waals surface area contributed by atoms with Gasteiger partial charge in [0.1, 0.15) is 6.04 Å². The van der Waals surface area contributed by atoms with Gasteiger partial charge in [0, 0.05) is 28.5 Å². The van der Waals surface area contributed by atoms with Gasteiger partial charge in [0.15, 0.2) is 5.78 Å². The van der Waals surface area contributed by atoms with Crippen LogP contribution < -0.4 is 5.32 Å². The summed E-state index contributed by atoms with van der Waals surface area (Å²) in [5, 5.41) is 9.62. The highest BCUT2D eigenvalue weighted by atomic mass is 35.5. The number of fused-ring (bicyclic) bond motifs is 1. The summed E-state index contributed by atoms with van der Waals surface area (Å²) in [4.78, 5) is 18.1. The van der Waals surface area contributed by atoms with E-state index < -0.39 is 0 Å². The number of rotatable bonds is 4. The van der Waals surface area contributed by atoms with Crippen molar-refractivity contribution in [1.82, 2.24) is 14.8 Å². The Kier molecular flexibility index (Phi) is 5.61. The molecule has 0 unspecified atom stereocenters. The van der Waals surface area contributed by atoms with Crippen molar-refractivity contribution in [1.29, 1.82) is 0 Å². The molecule has 7 heteroatoms. The lowest BCUT2D eigenvalue weighted by Crippen LogP contribution is -2.36. The monoisotopic (exact) mass is 478 g/mol. The minimum Gasteiger partial charge on any atom is -0.328 e. The van der Waals surface area contributed by atoms with Crippen LogP contribution in [0.2, 0.25) is 5.02 Å². The van der Waals surface area contributed by atoms with Gasteiger partial charge in [-0.15, -0.1) is 5.10 Å². The summed E-state index contributed by atoms with van der Waals surface area (Å²) in [5.74, 6) is 1.62. The van der Waals surface area contributed by atoms with E-state index in [1.54, 1.807) is 11.8 Å². The number of hydrogen-bond donors (Lipinski definition) is 1. The van der Waals surface area contributed by atoms with Crippen LogP contribution in [0.15, 0.2) is 58.9 Å². The highest BCUT2D eigenvalue weighted by Crippen LogP contribution is 2.46. The Balaban J connectivity index is 1.53. The number of aromatic nitrogens is 3. The largest absolute Gasteiger partial charge is 0.328 e. The second-order valence-corrected chi connectivity index (χ2v) is 11.2. The SMILES string of the molecule is Cc1ccc(C)c(CSc2nc3n(n2)[C@@H](c2cccc(Cl)c2)C2=C(CC(C)(C)CC2=O)N3)c1. The van der Waals surface area contributed by atoms with E-state index in [4.69, 9.17) is 21.7 Å². The molecule has 0 bridgehead atoms. The summed E-state index contributed by atoms with van der Waals surface area (Å²) < 4.78 is 1.85. The number of thioether (sulfide) groups is 1. The normalized spacial score (nSPS) is 19.2. The van der Waals surface area contributed by atoms with Crippen LogP contribution in [0.4, 0.5) is 5.95 Å². The number of Topliss-reactive ketones (excluding diaryl/α,β-unsaturated/α-hetero) is 1. The highest BCUT2D eigenvalue weighted by Gasteiger charge is 2.41. The van der Waals surface area contributed by atoms with Crippen LogP contribution in [0.1, 0.15) is 55.0 Å². The first-order valence-electron chi connectivity index (χ1n) is 11.1. The fraction of sp³-hybridized carbons (Fsp3) is 0.346. The predicted octanol–water partition coefficient (Wildman–Crippen LogP) is 6.50. The number of hydrogen-bond acceptors (Lipinski definition) is 5. The summed E-state index contributed by atoms with van der Waals surface area (Å²) >= 11 is 7.94. The quantitative estimate of drug-likeness (QED) is 0.434. The van der Waals surface area contributed by atoms with Gasteiger partial charge in [-0.3, -0.25) is 4.79 Å². The number of carbonyl (C=O) groups excluding carboxylic acids is 1. The molecular formula is C26H27ClN4OS. The smallest absolute Gasteiger partial charge is 0.227 e. The molecule has 5 nitrogen and oxygen atoms in total. The van der Waals surface area contributed by atoms with Crippen molar-refractivity contribution in [3.8, 4) is 0 Å². The van der Waals surface area contributed by atoms with Gasteiger partial charge in [-0.05, 0) is 54.5 Å². The molecule has 2 aromatic carbocycles. The van der Waals surface area contributed by atoms with Crippen molar-refractivity contribution in [3.63, 3.8) is 0 Å². The predicted molar refractivity (Wildman–Crippen MR) is 134 cm³/mol. The van der Waals surface area contributed by atoms with Crippen LogP contribution in [-0.2, 0) is 10.5 Å². The van der Waals surface area contributed by atoms with E-state index in [0.29, 0.717) is 22.5 Å². The first-order valence-corrected chi connectivity index (χ1v) is 12.5. The van der Waals surface area contributed by atoms with E-state index in [1.165, 1.54) is 16.7 Å². The van der Waals surface area contributed by atoms with Crippen LogP contribution in [0.5, 0.6) is 0 Å². The maximum absolute atomic E-state index is 13.3. The molecule has 33 heavy (non-hydrogen) atoms. The number of carbonyl (C=O) groups is 1. The molecule has 170 valence electrons. The molecule has 0 radical (unpaired) electrons. The van der Waals surface area contributed by atoms with Gasteiger partial charge in [0.25, 0.3) is 0 Å². The third-order valence-electron chi connectivity index (χ3n) is 6.34. The van der Waals surface area contributed by atoms with Gasteiger partial charge in [-0.25, -0.2) is 4.68 Å². The van der Waals surface area contributed by atoms with Crippen molar-refractivity contribution in [2.24, 2.45) is 5.41 Å². The number of anilines is 1. The van der Waals surface area contributed by atoms with Crippen LogP contribution in [0.25, 0.3) is 0 Å². The molecule has 1 aliphatic carbocycles. The van der Waals surface area contributed by atoms with Gasteiger partial charge in [-0.2, -0.15) is 4.98 Å². The van der Waals surface area contributed by atoms with E-state index in [2.05, 4.69) is 51.2 Å². The fourth-order valence-corrected chi connectivity index (χ4v) is 5.82. The highest BCUT2D eigenvalue weighted by molar-refractivity contribution is 7.98. The standard InChI is InChI=1S/C26H27ClN4OS/c1-15-8-9-16(2)18(10-15)14-33-25-29-24-28-20-12-26(3,4)13-21(32)22(20)23(31(24)30-25)17-6-5-7-19(27)11-17/h5-11,23H,12-14H2,1-4H3,(H,28,29,30)/t23-/m0/s1. The number of aryl methyl sites for hydroxylation is 2. The molecule has 0 spiro atoms. The van der Waals surface area contributed by atoms with E-state index in [1.807, 2.05) is 28.9 Å². The van der Waals surface area contributed by atoms with E-state index in [-0.39, 0.29) is 17.2 Å². The summed E-state index contributed by atoms with van der Waals surface area (Å²) in [6.07, 6.45) is 1.31. The summed E-state index contributed by atoms with van der Waals surface area (Å²) in [6.45, 7) is 8.50. The zero-order chi connectivity index (χ0) is 23.3. The van der Waals surface area contributed by atoms with Crippen molar-refractivity contribution in [2.45, 2.75) is 57.5 Å². The number of benzene rings is 2. The van der Waals surface area contributed by atoms with Crippen LogP contribution in [-0.4, -0.2) is 20.5 Å². The minimum atomic E-state index is -0.332. The van der Waals surface area contributed by atoms with Crippen LogP contribution >= 0.6 is 23.4 Å². The molecule has 0 fully saturated rings. The van der Waals surface area contributed by atoms with Crippen molar-refractivity contribution in [3.05, 3.63) is 81.0 Å². The van der Waals surface area contributed by atoms with Crippen molar-refractivity contribution < 1.29 is 4.79 Å². The number of allylic oxidation sites excluding steroid dienone is 2. The van der Waals surface area contributed by atoms with Crippen molar-refractivity contribution >= 4 is 35.1 Å². The summed E-state index contributed by atoms with van der Waals surface area (Å²) in [5.41, 5.74) is 6.37. The molecule has 0 saturated heterocycles. The maximum Gasteiger partial charge on any atom is 0.227 e. The molecule has 0 saturated carbocycles. The Morgan fingerprint density at radius 2 is 2.00 bits per heavy atom. The molecule has 2 aliphatic rings. The van der Waals surface area contributed by atoms with Crippen LogP contribution in [0, 0.1) is 19.3 Å². The summed E-state index contributed by atoms with van der Waals surface area (Å²) in [7, 11) is 0. The Morgan fingerprint density at radius 1 is 1.18 bits per heavy atom. The average molecular weight is 479 g/mol. The Bertz CT molecular complexity index is 1290. The zero-order valence-electron chi connectivity index (χ0n) is 19.3. The zero-order valence-corrected chi connectivity index (χ0v) is 20.8. The lowest BCUT2D eigenvalue weighted by atomic mass is 9.73. The number of ketones is 1. The minimum absolute atomic E-state index is 0.0930. The lowest BCUT2D eigenvalue weighted by molar-refractivity contribution is -0.118. The summed E-state index contributed by atoms with van der Waals surface area (Å²) in [6, 6.07) is 13.9. The third kappa shape index (κ3) is 4.34. The van der Waals surface area contributed by atoms with E-state index in [0.717, 1.165) is 29.0 Å². The molecule has 1 aliphatic heterocycles. The first kappa shape index (κ1) is 22.2.